The average molecular weight is 371 g/mol. The highest BCUT2D eigenvalue weighted by atomic mass is 16.5. The predicted molar refractivity (Wildman–Crippen MR) is 93.8 cm³/mol. The number of aromatic nitrogens is 2. The van der Waals surface area contributed by atoms with Crippen LogP contribution in [0, 0.1) is 11.8 Å². The summed E-state index contributed by atoms with van der Waals surface area (Å²) in [6.45, 7) is 0.0188. The molecule has 8 nitrogen and oxygen atoms in total. The maximum absolute atomic E-state index is 12.6. The number of carbonyl (C=O) groups is 2. The lowest BCUT2D eigenvalue weighted by atomic mass is 9.81. The monoisotopic (exact) mass is 371 g/mol. The zero-order chi connectivity index (χ0) is 19.0. The molecule has 2 atom stereocenters. The highest BCUT2D eigenvalue weighted by Crippen LogP contribution is 2.38. The predicted octanol–water partition coefficient (Wildman–Crippen LogP) is 2.43. The van der Waals surface area contributed by atoms with Crippen LogP contribution in [-0.2, 0) is 16.1 Å². The minimum absolute atomic E-state index is 0.0188. The van der Waals surface area contributed by atoms with Gasteiger partial charge in [0.1, 0.15) is 6.54 Å². The quantitative estimate of drug-likeness (QED) is 0.745. The Bertz CT molecular complexity index is 854. The van der Waals surface area contributed by atoms with E-state index in [-0.39, 0.29) is 36.1 Å². The lowest BCUT2D eigenvalue weighted by Crippen LogP contribution is -2.30. The fourth-order valence-electron chi connectivity index (χ4n) is 3.93. The summed E-state index contributed by atoms with van der Waals surface area (Å²) < 4.78 is 16.2. The molecule has 2 amide bonds. The summed E-state index contributed by atoms with van der Waals surface area (Å²) in [5.74, 6) is 1.08. The minimum atomic E-state index is -0.181. The number of benzene rings is 1. The van der Waals surface area contributed by atoms with Crippen LogP contribution in [0.2, 0.25) is 0 Å². The van der Waals surface area contributed by atoms with Crippen molar-refractivity contribution in [3.63, 3.8) is 0 Å². The van der Waals surface area contributed by atoms with Gasteiger partial charge in [0.05, 0.1) is 26.1 Å². The molecule has 8 heteroatoms. The summed E-state index contributed by atoms with van der Waals surface area (Å²) in [7, 11) is 3.11. The number of nitrogens with zero attached hydrogens (tertiary/aromatic N) is 3. The topological polar surface area (TPSA) is 94.8 Å². The van der Waals surface area contributed by atoms with Crippen molar-refractivity contribution in [3.05, 3.63) is 24.1 Å². The Morgan fingerprint density at radius 2 is 1.70 bits per heavy atom. The third kappa shape index (κ3) is 3.05. The molecule has 4 rings (SSSR count). The first-order valence-corrected chi connectivity index (χ1v) is 9.02. The first kappa shape index (κ1) is 17.5. The number of hydrogen-bond donors (Lipinski definition) is 0. The Balaban J connectivity index is 1.53. The Labute approximate surface area is 156 Å². The molecule has 27 heavy (non-hydrogen) atoms. The molecule has 0 spiro atoms. The van der Waals surface area contributed by atoms with Gasteiger partial charge in [-0.2, -0.15) is 0 Å². The van der Waals surface area contributed by atoms with Gasteiger partial charge in [0.2, 0.25) is 23.6 Å². The highest BCUT2D eigenvalue weighted by molar-refractivity contribution is 6.05. The number of carbonyl (C=O) groups excluding carboxylic acids is 2. The van der Waals surface area contributed by atoms with Crippen LogP contribution in [0.15, 0.2) is 22.6 Å². The lowest BCUT2D eigenvalue weighted by Gasteiger charge is -2.19. The molecule has 1 aliphatic carbocycles. The molecule has 0 N–H and O–H groups in total. The molecule has 142 valence electrons. The molecule has 0 radical (unpaired) electrons. The molecule has 1 aromatic carbocycles. The lowest BCUT2D eigenvalue weighted by molar-refractivity contribution is -0.141. The second-order valence-corrected chi connectivity index (χ2v) is 6.83. The molecule has 2 fully saturated rings. The Kier molecular flexibility index (Phi) is 4.55. The van der Waals surface area contributed by atoms with Crippen LogP contribution >= 0.6 is 0 Å². The number of likely N-dealkylation sites (tertiary alicyclic amines) is 1. The Morgan fingerprint density at radius 1 is 1.04 bits per heavy atom. The highest BCUT2D eigenvalue weighted by Gasteiger charge is 2.48. The van der Waals surface area contributed by atoms with E-state index < -0.39 is 0 Å². The van der Waals surface area contributed by atoms with Gasteiger partial charge < -0.3 is 13.9 Å². The van der Waals surface area contributed by atoms with Gasteiger partial charge >= 0.3 is 0 Å². The van der Waals surface area contributed by atoms with Gasteiger partial charge in [0.15, 0.2) is 11.5 Å². The van der Waals surface area contributed by atoms with Crippen LogP contribution in [0.25, 0.3) is 11.5 Å². The van der Waals surface area contributed by atoms with Crippen LogP contribution in [0.1, 0.15) is 31.6 Å². The van der Waals surface area contributed by atoms with Crippen LogP contribution in [0.5, 0.6) is 11.5 Å². The van der Waals surface area contributed by atoms with E-state index in [2.05, 4.69) is 10.2 Å². The second kappa shape index (κ2) is 7.02. The molecule has 2 heterocycles. The standard InChI is InChI=1S/C19H21N3O5/c1-25-14-8-7-11(9-15(14)26-2)17-21-20-16(27-17)10-22-18(23)12-5-3-4-6-13(12)19(22)24/h7-9,12-13H,3-6,10H2,1-2H3/t12-,13-/m1/s1. The van der Waals surface area contributed by atoms with Gasteiger partial charge in [-0.15, -0.1) is 10.2 Å². The van der Waals surface area contributed by atoms with Crippen molar-refractivity contribution in [3.8, 4) is 23.0 Å². The van der Waals surface area contributed by atoms with Crippen molar-refractivity contribution < 1.29 is 23.5 Å². The summed E-state index contributed by atoms with van der Waals surface area (Å²) in [6.07, 6.45) is 3.56. The summed E-state index contributed by atoms with van der Waals surface area (Å²) >= 11 is 0. The van der Waals surface area contributed by atoms with Crippen LogP contribution < -0.4 is 9.47 Å². The van der Waals surface area contributed by atoms with E-state index in [1.54, 1.807) is 32.4 Å². The van der Waals surface area contributed by atoms with Crippen molar-refractivity contribution in [1.82, 2.24) is 15.1 Å². The summed E-state index contributed by atoms with van der Waals surface area (Å²) in [5, 5.41) is 8.04. The van der Waals surface area contributed by atoms with Crippen LogP contribution in [0.4, 0.5) is 0 Å². The molecule has 1 saturated heterocycles. The summed E-state index contributed by atoms with van der Waals surface area (Å²) in [5.41, 5.74) is 0.666. The number of amides is 2. The average Bonchev–Trinajstić information content (AvgIpc) is 3.27. The minimum Gasteiger partial charge on any atom is -0.493 e. The summed E-state index contributed by atoms with van der Waals surface area (Å²) in [6, 6.07) is 5.26. The van der Waals surface area contributed by atoms with Crippen molar-refractivity contribution in [2.75, 3.05) is 14.2 Å². The summed E-state index contributed by atoms with van der Waals surface area (Å²) in [4.78, 5) is 26.4. The number of rotatable bonds is 5. The number of imide groups is 1. The zero-order valence-electron chi connectivity index (χ0n) is 15.3. The van der Waals surface area contributed by atoms with Gasteiger partial charge in [-0.1, -0.05) is 12.8 Å². The fraction of sp³-hybridized carbons (Fsp3) is 0.474. The molecular formula is C19H21N3O5. The first-order chi connectivity index (χ1) is 13.1. The van der Waals surface area contributed by atoms with Crippen molar-refractivity contribution in [2.45, 2.75) is 32.2 Å². The molecule has 0 bridgehead atoms. The van der Waals surface area contributed by atoms with Crippen LogP contribution in [-0.4, -0.2) is 41.1 Å². The third-order valence-electron chi connectivity index (χ3n) is 5.32. The largest absolute Gasteiger partial charge is 0.493 e. The van der Waals surface area contributed by atoms with Gasteiger partial charge in [-0.3, -0.25) is 14.5 Å². The van der Waals surface area contributed by atoms with E-state index >= 15 is 0 Å². The molecule has 2 aromatic rings. The maximum Gasteiger partial charge on any atom is 0.247 e. The van der Waals surface area contributed by atoms with Crippen LogP contribution in [0.3, 0.4) is 0 Å². The first-order valence-electron chi connectivity index (χ1n) is 9.02. The Morgan fingerprint density at radius 3 is 2.33 bits per heavy atom. The van der Waals surface area contributed by atoms with E-state index in [9.17, 15) is 9.59 Å². The number of methoxy groups -OCH3 is 2. The Hall–Kier alpha value is -2.90. The number of hydrogen-bond acceptors (Lipinski definition) is 7. The van der Waals surface area contributed by atoms with Crippen molar-refractivity contribution >= 4 is 11.8 Å². The maximum atomic E-state index is 12.6. The number of ether oxygens (including phenoxy) is 2. The van der Waals surface area contributed by atoms with E-state index in [1.807, 2.05) is 0 Å². The molecule has 2 aliphatic rings. The molecular weight excluding hydrogens is 350 g/mol. The fourth-order valence-corrected chi connectivity index (χ4v) is 3.93. The third-order valence-corrected chi connectivity index (χ3v) is 5.32. The van der Waals surface area contributed by atoms with Gasteiger partial charge in [-0.05, 0) is 31.0 Å². The van der Waals surface area contributed by atoms with E-state index in [0.29, 0.717) is 23.0 Å². The molecule has 1 aromatic heterocycles. The zero-order valence-corrected chi connectivity index (χ0v) is 15.3. The van der Waals surface area contributed by atoms with Gasteiger partial charge in [-0.25, -0.2) is 0 Å². The van der Waals surface area contributed by atoms with Gasteiger partial charge in [0, 0.05) is 5.56 Å². The van der Waals surface area contributed by atoms with Gasteiger partial charge in [0.25, 0.3) is 0 Å². The second-order valence-electron chi connectivity index (χ2n) is 6.83. The van der Waals surface area contributed by atoms with Crippen molar-refractivity contribution in [2.24, 2.45) is 11.8 Å². The smallest absolute Gasteiger partial charge is 0.247 e. The van der Waals surface area contributed by atoms with E-state index in [4.69, 9.17) is 13.9 Å². The molecule has 1 saturated carbocycles. The SMILES string of the molecule is COc1ccc(-c2nnc(CN3C(=O)[C@@H]4CCCC[C@H]4C3=O)o2)cc1OC. The normalized spacial score (nSPS) is 22.1. The van der Waals surface area contributed by atoms with Crippen molar-refractivity contribution in [1.29, 1.82) is 0 Å². The van der Waals surface area contributed by atoms with E-state index in [0.717, 1.165) is 25.7 Å². The molecule has 1 aliphatic heterocycles. The number of fused-ring (bicyclic) bond motifs is 1. The molecule has 0 unspecified atom stereocenters. The van der Waals surface area contributed by atoms with E-state index in [1.165, 1.54) is 4.90 Å².